The number of hydrogen-bond donors (Lipinski definition) is 3. The summed E-state index contributed by atoms with van der Waals surface area (Å²) in [4.78, 5) is 35.8. The van der Waals surface area contributed by atoms with Crippen molar-refractivity contribution in [2.75, 3.05) is 44.9 Å². The topological polar surface area (TPSA) is 108 Å². The van der Waals surface area contributed by atoms with E-state index in [0.29, 0.717) is 25.4 Å². The minimum absolute atomic E-state index is 0.000313. The molecule has 1 heterocycles. The van der Waals surface area contributed by atoms with Gasteiger partial charge < -0.3 is 15.2 Å². The Kier molecular flexibility index (Phi) is 8.09. The fourth-order valence-electron chi connectivity index (χ4n) is 1.95. The fraction of sp³-hybridized carbons (Fsp3) is 0.750. The van der Waals surface area contributed by atoms with Gasteiger partial charge in [0, 0.05) is 37.7 Å². The number of urea groups is 1. The van der Waals surface area contributed by atoms with Gasteiger partial charge in [-0.05, 0) is 0 Å². The Morgan fingerprint density at radius 2 is 2.19 bits per heavy atom. The van der Waals surface area contributed by atoms with E-state index in [4.69, 9.17) is 9.84 Å². The average Bonchev–Trinajstić information content (AvgIpc) is 2.40. The van der Waals surface area contributed by atoms with Crippen molar-refractivity contribution in [1.82, 2.24) is 15.5 Å². The number of rotatable bonds is 7. The van der Waals surface area contributed by atoms with Crippen LogP contribution in [-0.4, -0.2) is 78.8 Å². The number of thioether (sulfide) groups is 1. The van der Waals surface area contributed by atoms with Gasteiger partial charge in [0.15, 0.2) is 0 Å². The van der Waals surface area contributed by atoms with Crippen molar-refractivity contribution in [3.8, 4) is 0 Å². The highest BCUT2D eigenvalue weighted by molar-refractivity contribution is 7.99. The number of aliphatic carboxylic acids is 1. The van der Waals surface area contributed by atoms with Crippen LogP contribution in [0.2, 0.25) is 0 Å². The van der Waals surface area contributed by atoms with Gasteiger partial charge in [-0.2, -0.15) is 11.8 Å². The molecule has 1 fully saturated rings. The first-order valence-corrected chi connectivity index (χ1v) is 7.78. The largest absolute Gasteiger partial charge is 0.481 e. The molecule has 1 saturated heterocycles. The van der Waals surface area contributed by atoms with E-state index in [2.05, 4.69) is 10.6 Å². The van der Waals surface area contributed by atoms with E-state index in [1.807, 2.05) is 4.90 Å². The molecule has 1 unspecified atom stereocenters. The summed E-state index contributed by atoms with van der Waals surface area (Å²) < 4.78 is 4.78. The third-order valence-electron chi connectivity index (χ3n) is 2.95. The minimum atomic E-state index is -0.884. The van der Waals surface area contributed by atoms with Crippen LogP contribution in [0.25, 0.3) is 0 Å². The molecule has 3 N–H and O–H groups in total. The smallest absolute Gasteiger partial charge is 0.321 e. The Morgan fingerprint density at radius 1 is 1.43 bits per heavy atom. The molecule has 0 aromatic rings. The summed E-state index contributed by atoms with van der Waals surface area (Å²) in [6.07, 6.45) is 0.000313. The van der Waals surface area contributed by atoms with Crippen molar-refractivity contribution in [2.45, 2.75) is 12.5 Å². The molecular weight excluding hydrogens is 298 g/mol. The van der Waals surface area contributed by atoms with Crippen LogP contribution in [0.4, 0.5) is 4.79 Å². The quantitative estimate of drug-likeness (QED) is 0.535. The van der Waals surface area contributed by atoms with Crippen LogP contribution in [0, 0.1) is 0 Å². The lowest BCUT2D eigenvalue weighted by atomic mass is 10.2. The van der Waals surface area contributed by atoms with E-state index in [0.717, 1.165) is 5.75 Å². The second-order valence-corrected chi connectivity index (χ2v) is 5.74. The van der Waals surface area contributed by atoms with Crippen LogP contribution >= 0.6 is 11.8 Å². The number of imide groups is 1. The molecular formula is C12H21N3O5S. The van der Waals surface area contributed by atoms with Gasteiger partial charge in [0.2, 0.25) is 5.91 Å². The fourth-order valence-corrected chi connectivity index (χ4v) is 3.08. The molecule has 21 heavy (non-hydrogen) atoms. The second kappa shape index (κ2) is 9.59. The Labute approximate surface area is 127 Å². The van der Waals surface area contributed by atoms with Gasteiger partial charge in [-0.25, -0.2) is 4.79 Å². The molecule has 0 aliphatic carbocycles. The molecule has 120 valence electrons. The van der Waals surface area contributed by atoms with E-state index in [1.54, 1.807) is 11.8 Å². The molecule has 1 atom stereocenters. The molecule has 8 nitrogen and oxygen atoms in total. The Bertz CT molecular complexity index is 380. The molecule has 0 spiro atoms. The number of amides is 3. The van der Waals surface area contributed by atoms with Crippen LogP contribution in [-0.2, 0) is 14.3 Å². The number of methoxy groups -OCH3 is 1. The molecule has 3 amide bonds. The van der Waals surface area contributed by atoms with Crippen LogP contribution in [0.5, 0.6) is 0 Å². The Hall–Kier alpha value is -1.32. The summed E-state index contributed by atoms with van der Waals surface area (Å²) in [6.45, 7) is 1.35. The molecule has 0 saturated carbocycles. The van der Waals surface area contributed by atoms with Gasteiger partial charge >= 0.3 is 12.0 Å². The molecule has 1 aliphatic rings. The highest BCUT2D eigenvalue weighted by Crippen LogP contribution is 2.18. The van der Waals surface area contributed by atoms with E-state index in [-0.39, 0.29) is 19.0 Å². The number of hydrogen-bond acceptors (Lipinski definition) is 6. The monoisotopic (exact) mass is 319 g/mol. The zero-order chi connectivity index (χ0) is 15.7. The van der Waals surface area contributed by atoms with Crippen molar-refractivity contribution in [2.24, 2.45) is 0 Å². The number of carboxylic acid groups (broad SMARTS) is 1. The molecule has 0 aromatic carbocycles. The van der Waals surface area contributed by atoms with Crippen LogP contribution in [0.15, 0.2) is 0 Å². The third kappa shape index (κ3) is 7.30. The van der Waals surface area contributed by atoms with Gasteiger partial charge in [0.05, 0.1) is 19.6 Å². The van der Waals surface area contributed by atoms with E-state index >= 15 is 0 Å². The number of nitrogens with one attached hydrogen (secondary N) is 2. The molecule has 0 bridgehead atoms. The van der Waals surface area contributed by atoms with Crippen molar-refractivity contribution in [3.05, 3.63) is 0 Å². The van der Waals surface area contributed by atoms with Crippen molar-refractivity contribution >= 4 is 29.7 Å². The maximum Gasteiger partial charge on any atom is 0.321 e. The van der Waals surface area contributed by atoms with Gasteiger partial charge in [-0.3, -0.25) is 19.8 Å². The van der Waals surface area contributed by atoms with Crippen LogP contribution < -0.4 is 10.6 Å². The molecule has 9 heteroatoms. The first-order chi connectivity index (χ1) is 10.0. The lowest BCUT2D eigenvalue weighted by Gasteiger charge is -2.33. The number of nitrogens with zero attached hydrogens (tertiary/aromatic N) is 1. The number of carbonyl (C=O) groups excluding carboxylic acids is 2. The summed E-state index contributed by atoms with van der Waals surface area (Å²) >= 11 is 1.67. The molecule has 1 rings (SSSR count). The first-order valence-electron chi connectivity index (χ1n) is 6.63. The van der Waals surface area contributed by atoms with Crippen molar-refractivity contribution in [1.29, 1.82) is 0 Å². The SMILES string of the molecule is COCCNC(=O)NC(=O)CN1CCSCC1CC(=O)O. The summed E-state index contributed by atoms with van der Waals surface area (Å²) in [7, 11) is 1.52. The normalized spacial score (nSPS) is 19.0. The molecule has 1 aliphatic heterocycles. The highest BCUT2D eigenvalue weighted by atomic mass is 32.2. The summed E-state index contributed by atoms with van der Waals surface area (Å²) in [5.74, 6) is 0.209. The Morgan fingerprint density at radius 3 is 2.86 bits per heavy atom. The lowest BCUT2D eigenvalue weighted by Crippen LogP contribution is -2.50. The van der Waals surface area contributed by atoms with E-state index in [9.17, 15) is 14.4 Å². The second-order valence-electron chi connectivity index (χ2n) is 4.59. The number of carbonyl (C=O) groups is 3. The third-order valence-corrected chi connectivity index (χ3v) is 4.04. The lowest BCUT2D eigenvalue weighted by molar-refractivity contribution is -0.138. The summed E-state index contributed by atoms with van der Waals surface area (Å²) in [5.41, 5.74) is 0. The maximum atomic E-state index is 11.8. The number of carboxylic acids is 1. The predicted molar refractivity (Wildman–Crippen MR) is 78.4 cm³/mol. The van der Waals surface area contributed by atoms with Crippen molar-refractivity contribution < 1.29 is 24.2 Å². The van der Waals surface area contributed by atoms with Gasteiger partial charge in [0.1, 0.15) is 0 Å². The van der Waals surface area contributed by atoms with E-state index < -0.39 is 17.9 Å². The summed E-state index contributed by atoms with van der Waals surface area (Å²) in [5, 5.41) is 13.6. The highest BCUT2D eigenvalue weighted by Gasteiger charge is 2.26. The zero-order valence-corrected chi connectivity index (χ0v) is 12.8. The minimum Gasteiger partial charge on any atom is -0.481 e. The van der Waals surface area contributed by atoms with Gasteiger partial charge in [0.25, 0.3) is 0 Å². The Balaban J connectivity index is 2.37. The summed E-state index contributed by atoms with van der Waals surface area (Å²) in [6, 6.07) is -0.748. The zero-order valence-electron chi connectivity index (χ0n) is 12.0. The maximum absolute atomic E-state index is 11.8. The first kappa shape index (κ1) is 17.7. The molecule has 0 aromatic heterocycles. The van der Waals surface area contributed by atoms with Crippen LogP contribution in [0.1, 0.15) is 6.42 Å². The van der Waals surface area contributed by atoms with Gasteiger partial charge in [-0.1, -0.05) is 0 Å². The van der Waals surface area contributed by atoms with Crippen molar-refractivity contribution in [3.63, 3.8) is 0 Å². The van der Waals surface area contributed by atoms with Gasteiger partial charge in [-0.15, -0.1) is 0 Å². The van der Waals surface area contributed by atoms with E-state index in [1.165, 1.54) is 7.11 Å². The number of ether oxygens (including phenoxy) is 1. The van der Waals surface area contributed by atoms with Crippen LogP contribution in [0.3, 0.4) is 0 Å². The average molecular weight is 319 g/mol. The molecule has 0 radical (unpaired) electrons. The predicted octanol–water partition coefficient (Wildman–Crippen LogP) is -0.649. The standard InChI is InChI=1S/C12H21N3O5S/c1-20-4-2-13-12(19)14-10(16)7-15-3-5-21-8-9(15)6-11(17)18/h9H,2-8H2,1H3,(H,17,18)(H2,13,14,16,19).